The molecule has 31 heavy (non-hydrogen) atoms. The lowest BCUT2D eigenvalue weighted by Crippen LogP contribution is -2.67. The predicted molar refractivity (Wildman–Crippen MR) is 127 cm³/mol. The first-order chi connectivity index (χ1) is 14.3. The van der Waals surface area contributed by atoms with E-state index in [9.17, 15) is 10.2 Å². The molecule has 5 aliphatic rings. The second-order valence-corrected chi connectivity index (χ2v) is 14.6. The van der Waals surface area contributed by atoms with Gasteiger partial charge >= 0.3 is 0 Å². The summed E-state index contributed by atoms with van der Waals surface area (Å²) in [6.07, 6.45) is 12.9. The first-order valence-corrected chi connectivity index (χ1v) is 13.3. The van der Waals surface area contributed by atoms with Crippen molar-refractivity contribution in [3.63, 3.8) is 0 Å². The normalized spacial score (nSPS) is 55.2. The molecule has 0 aromatic carbocycles. The van der Waals surface area contributed by atoms with Gasteiger partial charge in [0.2, 0.25) is 0 Å². The molecule has 2 heteroatoms. The van der Waals surface area contributed by atoms with Crippen molar-refractivity contribution < 1.29 is 10.2 Å². The van der Waals surface area contributed by atoms with Crippen molar-refractivity contribution in [2.24, 2.45) is 50.7 Å². The Bertz CT molecular complexity index is 780. The monoisotopic (exact) mass is 428 g/mol. The van der Waals surface area contributed by atoms with Crippen LogP contribution in [-0.4, -0.2) is 22.4 Å². The van der Waals surface area contributed by atoms with Crippen molar-refractivity contribution in [3.8, 4) is 0 Å². The topological polar surface area (TPSA) is 40.5 Å². The van der Waals surface area contributed by atoms with Crippen molar-refractivity contribution in [2.45, 2.75) is 118 Å². The van der Waals surface area contributed by atoms with Crippen LogP contribution in [0.4, 0.5) is 0 Å². The Kier molecular flexibility index (Phi) is 4.80. The average Bonchev–Trinajstić information content (AvgIpc) is 2.64. The van der Waals surface area contributed by atoms with E-state index in [1.54, 1.807) is 5.57 Å². The summed E-state index contributed by atoms with van der Waals surface area (Å²) >= 11 is 0. The molecular formula is C29H48O2. The molecule has 0 saturated heterocycles. The van der Waals surface area contributed by atoms with Crippen LogP contribution in [0, 0.1) is 50.7 Å². The highest BCUT2D eigenvalue weighted by molar-refractivity contribution is 5.32. The summed E-state index contributed by atoms with van der Waals surface area (Å²) in [5.41, 5.74) is 2.48. The fourth-order valence-corrected chi connectivity index (χ4v) is 10.5. The van der Waals surface area contributed by atoms with Crippen LogP contribution in [0.3, 0.4) is 0 Å². The average molecular weight is 429 g/mol. The zero-order valence-electron chi connectivity index (χ0n) is 21.3. The molecule has 0 amide bonds. The van der Waals surface area contributed by atoms with E-state index in [1.807, 2.05) is 0 Å². The molecule has 2 N–H and O–H groups in total. The van der Waals surface area contributed by atoms with Crippen molar-refractivity contribution >= 4 is 0 Å². The summed E-state index contributed by atoms with van der Waals surface area (Å²) in [6.45, 7) is 17.0. The number of hydrogen-bond acceptors (Lipinski definition) is 2. The highest BCUT2D eigenvalue weighted by Crippen LogP contribution is 2.74. The molecule has 2 nitrogen and oxygen atoms in total. The van der Waals surface area contributed by atoms with Crippen LogP contribution >= 0.6 is 0 Å². The van der Waals surface area contributed by atoms with Crippen LogP contribution in [0.2, 0.25) is 0 Å². The molecule has 0 radical (unpaired) electrons. The molecule has 176 valence electrons. The molecule has 5 aliphatic carbocycles. The van der Waals surface area contributed by atoms with Gasteiger partial charge in [0.25, 0.3) is 0 Å². The standard InChI is InChI=1S/C29H48O2/c1-25(2)13-10-18-11-15-28(6)20(19(18)16-25)8-9-22-27(5)14-12-23(31)26(3,4)24(27)21(30)17-29(22,28)7/h8,18-19,21-24,30-31H,9-17H2,1-7H3. The van der Waals surface area contributed by atoms with Gasteiger partial charge in [-0.25, -0.2) is 0 Å². The fraction of sp³-hybridized carbons (Fsp3) is 0.931. The molecule has 4 fully saturated rings. The van der Waals surface area contributed by atoms with Gasteiger partial charge in [0.15, 0.2) is 0 Å². The number of aliphatic hydroxyl groups is 2. The SMILES string of the molecule is CC1(C)CCC2CCC3(C)C(=CCC4C5(C)CCC(O)C(C)(C)C5C(O)CC43C)C2C1. The van der Waals surface area contributed by atoms with Crippen molar-refractivity contribution in [3.05, 3.63) is 11.6 Å². The lowest BCUT2D eigenvalue weighted by molar-refractivity contribution is -0.239. The van der Waals surface area contributed by atoms with E-state index >= 15 is 0 Å². The molecular weight excluding hydrogens is 380 g/mol. The minimum absolute atomic E-state index is 0.100. The molecule has 9 unspecified atom stereocenters. The van der Waals surface area contributed by atoms with E-state index in [-0.39, 0.29) is 39.8 Å². The van der Waals surface area contributed by atoms with Gasteiger partial charge in [0.05, 0.1) is 12.2 Å². The summed E-state index contributed by atoms with van der Waals surface area (Å²) in [7, 11) is 0. The van der Waals surface area contributed by atoms with Gasteiger partial charge in [-0.3, -0.25) is 0 Å². The zero-order chi connectivity index (χ0) is 22.6. The molecule has 4 saturated carbocycles. The summed E-state index contributed by atoms with van der Waals surface area (Å²) in [6, 6.07) is 0. The molecule has 0 bridgehead atoms. The molecule has 0 aromatic rings. The Labute approximate surface area is 191 Å². The van der Waals surface area contributed by atoms with Crippen LogP contribution in [0.1, 0.15) is 106 Å². The Balaban J connectivity index is 1.58. The van der Waals surface area contributed by atoms with Crippen LogP contribution in [-0.2, 0) is 0 Å². The van der Waals surface area contributed by atoms with E-state index in [2.05, 4.69) is 54.5 Å². The second kappa shape index (κ2) is 6.62. The maximum absolute atomic E-state index is 11.7. The number of hydrogen-bond donors (Lipinski definition) is 2. The first kappa shape index (κ1) is 22.5. The van der Waals surface area contributed by atoms with Gasteiger partial charge in [0.1, 0.15) is 0 Å². The molecule has 0 heterocycles. The Morgan fingerprint density at radius 1 is 0.839 bits per heavy atom. The van der Waals surface area contributed by atoms with E-state index < -0.39 is 0 Å². The van der Waals surface area contributed by atoms with Crippen molar-refractivity contribution in [1.29, 1.82) is 0 Å². The second-order valence-electron chi connectivity index (χ2n) is 14.6. The lowest BCUT2D eigenvalue weighted by Gasteiger charge is -2.71. The van der Waals surface area contributed by atoms with Crippen LogP contribution in [0.25, 0.3) is 0 Å². The molecule has 9 atom stereocenters. The van der Waals surface area contributed by atoms with Crippen LogP contribution in [0.5, 0.6) is 0 Å². The molecule has 0 aliphatic heterocycles. The summed E-state index contributed by atoms with van der Waals surface area (Å²) < 4.78 is 0. The van der Waals surface area contributed by atoms with Gasteiger partial charge in [-0.15, -0.1) is 0 Å². The minimum Gasteiger partial charge on any atom is -0.393 e. The molecule has 5 rings (SSSR count). The van der Waals surface area contributed by atoms with Gasteiger partial charge in [-0.1, -0.05) is 60.1 Å². The summed E-state index contributed by atoms with van der Waals surface area (Å²) in [5.74, 6) is 2.42. The molecule has 0 spiro atoms. The summed E-state index contributed by atoms with van der Waals surface area (Å²) in [4.78, 5) is 0. The predicted octanol–water partition coefficient (Wildman–Crippen LogP) is 6.75. The van der Waals surface area contributed by atoms with Gasteiger partial charge in [-0.05, 0) is 109 Å². The zero-order valence-corrected chi connectivity index (χ0v) is 21.3. The Morgan fingerprint density at radius 2 is 1.52 bits per heavy atom. The third kappa shape index (κ3) is 2.82. The Hall–Kier alpha value is -0.340. The van der Waals surface area contributed by atoms with Crippen LogP contribution in [0.15, 0.2) is 11.6 Å². The number of rotatable bonds is 0. The smallest absolute Gasteiger partial charge is 0.0595 e. The van der Waals surface area contributed by atoms with Crippen LogP contribution < -0.4 is 0 Å². The largest absolute Gasteiger partial charge is 0.393 e. The lowest BCUT2D eigenvalue weighted by atomic mass is 9.34. The first-order valence-electron chi connectivity index (χ1n) is 13.3. The van der Waals surface area contributed by atoms with Gasteiger partial charge in [0, 0.05) is 0 Å². The van der Waals surface area contributed by atoms with Crippen molar-refractivity contribution in [1.82, 2.24) is 0 Å². The number of aliphatic hydroxyl groups excluding tert-OH is 2. The number of allylic oxidation sites excluding steroid dienone is 2. The third-order valence-electron chi connectivity index (χ3n) is 12.3. The third-order valence-corrected chi connectivity index (χ3v) is 12.3. The van der Waals surface area contributed by atoms with E-state index in [0.29, 0.717) is 11.3 Å². The van der Waals surface area contributed by atoms with Gasteiger partial charge < -0.3 is 10.2 Å². The maximum atomic E-state index is 11.7. The highest BCUT2D eigenvalue weighted by atomic mass is 16.3. The fourth-order valence-electron chi connectivity index (χ4n) is 10.5. The maximum Gasteiger partial charge on any atom is 0.0595 e. The van der Waals surface area contributed by atoms with Gasteiger partial charge in [-0.2, -0.15) is 0 Å². The van der Waals surface area contributed by atoms with E-state index in [0.717, 1.165) is 31.1 Å². The highest BCUT2D eigenvalue weighted by Gasteiger charge is 2.69. The van der Waals surface area contributed by atoms with E-state index in [4.69, 9.17) is 0 Å². The Morgan fingerprint density at radius 3 is 2.23 bits per heavy atom. The van der Waals surface area contributed by atoms with Crippen molar-refractivity contribution in [2.75, 3.05) is 0 Å². The minimum atomic E-state index is -0.312. The quantitative estimate of drug-likeness (QED) is 0.419. The molecule has 0 aromatic heterocycles. The summed E-state index contributed by atoms with van der Waals surface area (Å²) in [5, 5.41) is 22.6. The number of fused-ring (bicyclic) bond motifs is 7. The van der Waals surface area contributed by atoms with E-state index in [1.165, 1.54) is 38.5 Å².